The normalized spacial score (nSPS) is 19.9. The smallest absolute Gasteiger partial charge is 0.293 e. The number of aromatic nitrogens is 2. The Balaban J connectivity index is 1.19. The summed E-state index contributed by atoms with van der Waals surface area (Å²) in [5, 5.41) is 3.49. The van der Waals surface area contributed by atoms with Gasteiger partial charge in [0.05, 0.1) is 29.2 Å². The number of benzene rings is 1. The van der Waals surface area contributed by atoms with Crippen LogP contribution in [0.25, 0.3) is 0 Å². The summed E-state index contributed by atoms with van der Waals surface area (Å²) in [5.41, 5.74) is 4.15. The van der Waals surface area contributed by atoms with Gasteiger partial charge in [0.25, 0.3) is 11.9 Å². The van der Waals surface area contributed by atoms with E-state index in [2.05, 4.69) is 56.3 Å². The van der Waals surface area contributed by atoms with E-state index in [0.29, 0.717) is 47.7 Å². The predicted molar refractivity (Wildman–Crippen MR) is 158 cm³/mol. The zero-order chi connectivity index (χ0) is 28.1. The maximum absolute atomic E-state index is 12.8. The van der Waals surface area contributed by atoms with Gasteiger partial charge in [0.2, 0.25) is 0 Å². The van der Waals surface area contributed by atoms with Gasteiger partial charge in [0.15, 0.2) is 0 Å². The third-order valence-corrected chi connectivity index (χ3v) is 8.13. The first kappa shape index (κ1) is 28.1. The van der Waals surface area contributed by atoms with E-state index in [1.807, 2.05) is 32.0 Å². The molecule has 2 atom stereocenters. The number of aryl methyl sites for hydroxylation is 2. The number of piperidine rings is 1. The molecule has 8 nitrogen and oxygen atoms in total. The molecule has 2 aliphatic rings. The molecule has 2 fully saturated rings. The highest BCUT2D eigenvalue weighted by Crippen LogP contribution is 2.34. The van der Waals surface area contributed by atoms with E-state index in [9.17, 15) is 4.79 Å². The minimum absolute atomic E-state index is 0.0912. The molecule has 2 saturated heterocycles. The number of carbonyl (C=O) groups is 1. The van der Waals surface area contributed by atoms with Gasteiger partial charge in [0, 0.05) is 37.9 Å². The zero-order valence-corrected chi connectivity index (χ0v) is 24.1. The highest BCUT2D eigenvalue weighted by Gasteiger charge is 2.39. The van der Waals surface area contributed by atoms with Crippen LogP contribution in [0.1, 0.15) is 59.4 Å². The van der Waals surface area contributed by atoms with Gasteiger partial charge in [-0.15, -0.1) is 0 Å². The van der Waals surface area contributed by atoms with Crippen LogP contribution in [0.3, 0.4) is 0 Å². The van der Waals surface area contributed by atoms with E-state index in [1.54, 1.807) is 18.5 Å². The van der Waals surface area contributed by atoms with E-state index in [0.717, 1.165) is 43.6 Å². The van der Waals surface area contributed by atoms with Crippen molar-refractivity contribution in [1.82, 2.24) is 25.1 Å². The summed E-state index contributed by atoms with van der Waals surface area (Å²) in [4.78, 5) is 31.0. The molecule has 1 amide bonds. The number of likely N-dealkylation sites (tertiary alicyclic amines) is 1. The molecule has 5 rings (SSSR count). The highest BCUT2D eigenvalue weighted by atomic mass is 35.5. The fraction of sp³-hybridized carbons (Fsp3) is 0.419. The maximum atomic E-state index is 12.8. The van der Waals surface area contributed by atoms with Crippen molar-refractivity contribution < 1.29 is 9.53 Å². The van der Waals surface area contributed by atoms with Crippen LogP contribution in [0.15, 0.2) is 65.9 Å². The number of nitrogens with zero attached hydrogens (tertiary/aromatic N) is 5. The molecule has 0 aliphatic carbocycles. The van der Waals surface area contributed by atoms with Gasteiger partial charge in [-0.2, -0.15) is 4.99 Å². The third kappa shape index (κ3) is 6.45. The number of hydrogen-bond acceptors (Lipinski definition) is 6. The monoisotopic (exact) mass is 560 g/mol. The number of hydrogen-bond donors (Lipinski definition) is 1. The molecule has 3 aromatic rings. The van der Waals surface area contributed by atoms with Crippen molar-refractivity contribution in [2.24, 2.45) is 4.99 Å². The van der Waals surface area contributed by atoms with Crippen molar-refractivity contribution >= 4 is 29.2 Å². The molecular weight excluding hydrogens is 524 g/mol. The van der Waals surface area contributed by atoms with Crippen LogP contribution < -0.4 is 5.32 Å². The molecule has 2 aromatic heterocycles. The lowest BCUT2D eigenvalue weighted by molar-refractivity contribution is 0.0930. The average molecular weight is 561 g/mol. The van der Waals surface area contributed by atoms with Gasteiger partial charge in [-0.3, -0.25) is 9.78 Å². The first-order valence-corrected chi connectivity index (χ1v) is 14.4. The van der Waals surface area contributed by atoms with E-state index in [4.69, 9.17) is 21.3 Å². The van der Waals surface area contributed by atoms with Crippen LogP contribution in [0.2, 0.25) is 5.15 Å². The number of rotatable bonds is 8. The number of ether oxygens (including phenoxy) is 1. The topological polar surface area (TPSA) is 83.0 Å². The molecule has 0 saturated carbocycles. The first-order valence-electron chi connectivity index (χ1n) is 14.0. The maximum Gasteiger partial charge on any atom is 0.293 e. The van der Waals surface area contributed by atoms with Crippen LogP contribution in [-0.4, -0.2) is 70.0 Å². The number of halogens is 1. The SMILES string of the molecule is Cc1cc(Cl)nc(C)c1C(=O)NCC[C@H](C)N1CCC(N2C(=Nc3cccnc3)OC[C@H]2c2ccccc2)CC1. The summed E-state index contributed by atoms with van der Waals surface area (Å²) in [6.07, 6.45) is 6.43. The van der Waals surface area contributed by atoms with Crippen LogP contribution in [-0.2, 0) is 4.74 Å². The molecule has 0 radical (unpaired) electrons. The van der Waals surface area contributed by atoms with Crippen LogP contribution in [0.5, 0.6) is 0 Å². The quantitative estimate of drug-likeness (QED) is 0.367. The Morgan fingerprint density at radius 1 is 1.18 bits per heavy atom. The third-order valence-electron chi connectivity index (χ3n) is 7.94. The van der Waals surface area contributed by atoms with Crippen molar-refractivity contribution in [3.05, 3.63) is 88.5 Å². The predicted octanol–water partition coefficient (Wildman–Crippen LogP) is 5.48. The molecule has 0 bridgehead atoms. The summed E-state index contributed by atoms with van der Waals surface area (Å²) in [5.74, 6) is -0.0912. The standard InChI is InChI=1S/C31H37ClN6O2/c1-21-18-28(32)35-23(3)29(21)30(39)34-15-11-22(2)37-16-12-26(13-17-37)38-27(24-8-5-4-6-9-24)20-40-31(38)36-25-10-7-14-33-19-25/h4-10,14,18-19,22,26-27H,11-13,15-17,20H2,1-3H3,(H,34,39)/t22-,27-/m0/s1. The molecule has 0 unspecified atom stereocenters. The number of nitrogens with one attached hydrogen (secondary N) is 1. The van der Waals surface area contributed by atoms with Gasteiger partial charge >= 0.3 is 0 Å². The number of amides is 1. The van der Waals surface area contributed by atoms with E-state index >= 15 is 0 Å². The second kappa shape index (κ2) is 12.8. The Kier molecular flexibility index (Phi) is 8.97. The number of pyridine rings is 2. The summed E-state index contributed by atoms with van der Waals surface area (Å²) >= 11 is 6.03. The van der Waals surface area contributed by atoms with E-state index < -0.39 is 0 Å². The van der Waals surface area contributed by atoms with E-state index in [-0.39, 0.29) is 11.9 Å². The Bertz CT molecular complexity index is 1310. The van der Waals surface area contributed by atoms with Crippen molar-refractivity contribution in [1.29, 1.82) is 0 Å². The van der Waals surface area contributed by atoms with Crippen molar-refractivity contribution in [2.75, 3.05) is 26.2 Å². The Morgan fingerprint density at radius 2 is 1.95 bits per heavy atom. The molecule has 4 heterocycles. The fourth-order valence-electron chi connectivity index (χ4n) is 5.80. The molecule has 0 spiro atoms. The summed E-state index contributed by atoms with van der Waals surface area (Å²) < 4.78 is 6.18. The number of carbonyl (C=O) groups excluding carboxylic acids is 1. The lowest BCUT2D eigenvalue weighted by atomic mass is 9.98. The average Bonchev–Trinajstić information content (AvgIpc) is 3.37. The first-order chi connectivity index (χ1) is 19.4. The Morgan fingerprint density at radius 3 is 2.65 bits per heavy atom. The second-order valence-electron chi connectivity index (χ2n) is 10.6. The van der Waals surface area contributed by atoms with Crippen molar-refractivity contribution in [3.8, 4) is 0 Å². The molecule has 1 N–H and O–H groups in total. The number of aliphatic imine (C=N–C) groups is 1. The summed E-state index contributed by atoms with van der Waals surface area (Å²) in [6.45, 7) is 9.12. The van der Waals surface area contributed by atoms with Gasteiger partial charge in [0.1, 0.15) is 11.8 Å². The Labute approximate surface area is 241 Å². The minimum atomic E-state index is -0.0912. The van der Waals surface area contributed by atoms with E-state index in [1.165, 1.54) is 5.56 Å². The minimum Gasteiger partial charge on any atom is -0.462 e. The fourth-order valence-corrected chi connectivity index (χ4v) is 6.09. The molecular formula is C31H37ClN6O2. The van der Waals surface area contributed by atoms with Crippen LogP contribution in [0.4, 0.5) is 5.69 Å². The lowest BCUT2D eigenvalue weighted by Crippen LogP contribution is -2.49. The number of amidine groups is 1. The van der Waals surface area contributed by atoms with Crippen molar-refractivity contribution in [3.63, 3.8) is 0 Å². The highest BCUT2D eigenvalue weighted by molar-refractivity contribution is 6.29. The summed E-state index contributed by atoms with van der Waals surface area (Å²) in [7, 11) is 0. The van der Waals surface area contributed by atoms with Crippen LogP contribution in [0, 0.1) is 13.8 Å². The molecule has 210 valence electrons. The van der Waals surface area contributed by atoms with Gasteiger partial charge < -0.3 is 19.9 Å². The zero-order valence-electron chi connectivity index (χ0n) is 23.4. The van der Waals surface area contributed by atoms with Crippen LogP contribution >= 0.6 is 11.6 Å². The largest absolute Gasteiger partial charge is 0.462 e. The summed E-state index contributed by atoms with van der Waals surface area (Å²) in [6, 6.07) is 17.6. The molecule has 40 heavy (non-hydrogen) atoms. The van der Waals surface area contributed by atoms with Gasteiger partial charge in [-0.05, 0) is 69.4 Å². The van der Waals surface area contributed by atoms with Crippen molar-refractivity contribution in [2.45, 2.75) is 58.2 Å². The second-order valence-corrected chi connectivity index (χ2v) is 11.0. The lowest BCUT2D eigenvalue weighted by Gasteiger charge is -2.41. The van der Waals surface area contributed by atoms with Gasteiger partial charge in [-0.1, -0.05) is 41.9 Å². The molecule has 9 heteroatoms. The van der Waals surface area contributed by atoms with Gasteiger partial charge in [-0.25, -0.2) is 4.98 Å². The molecule has 2 aliphatic heterocycles. The Hall–Kier alpha value is -3.49. The molecule has 1 aromatic carbocycles.